The number of alkyl carbamates (subject to hydrolysis) is 1. The molecule has 2 aliphatic carbocycles. The Balaban J connectivity index is 1.37. The standard InChI is InChI=1S/C35H48FN5O9S/c1-6-8-13-27(37-32(45)50-34(3,4)5)30(43)41-19-23(49-33(46)40-18-21-11-9-12-26(36)25(21)20-40)16-28(41)29(42)38-35(17-22(35)10-7-2)31(44)39-51(47,48)24-14-15-24/h7,9-12,22-24,27-28H,6,8,13-20H2,1-5H3,(H,37,45)(H,38,42)(H,39,44)/b10-7-/t22-,23-,27+,28+,35-/m1/s1. The Bertz CT molecular complexity index is 1690. The topological polar surface area (TPSA) is 181 Å². The van der Waals surface area contributed by atoms with Crippen molar-refractivity contribution in [3.8, 4) is 0 Å². The minimum Gasteiger partial charge on any atom is -0.444 e. The highest BCUT2D eigenvalue weighted by atomic mass is 32.2. The maximum atomic E-state index is 14.4. The molecular weight excluding hydrogens is 685 g/mol. The second-order valence-corrected chi connectivity index (χ2v) is 16.8. The summed E-state index contributed by atoms with van der Waals surface area (Å²) in [6.07, 6.45) is 3.23. The van der Waals surface area contributed by atoms with Crippen LogP contribution in [0.15, 0.2) is 30.4 Å². The van der Waals surface area contributed by atoms with Crippen molar-refractivity contribution in [1.29, 1.82) is 0 Å². The van der Waals surface area contributed by atoms with E-state index in [1.54, 1.807) is 52.0 Å². The van der Waals surface area contributed by atoms with Gasteiger partial charge >= 0.3 is 12.2 Å². The SMILES string of the molecule is C/C=C\[C@@H]1C[C@]1(NC(=O)[C@@H]1C[C@@H](OC(=O)N2Cc3cccc(F)c3C2)CN1C(=O)[C@H](CCCC)NC(=O)OC(C)(C)C)C(=O)NS(=O)(=O)C1CC1. The van der Waals surface area contributed by atoms with Crippen LogP contribution >= 0.6 is 0 Å². The Labute approximate surface area is 297 Å². The number of fused-ring (bicyclic) bond motifs is 1. The van der Waals surface area contributed by atoms with E-state index < -0.39 is 86.2 Å². The van der Waals surface area contributed by atoms with E-state index in [2.05, 4.69) is 15.4 Å². The van der Waals surface area contributed by atoms with Gasteiger partial charge in [0.15, 0.2) is 0 Å². The first-order chi connectivity index (χ1) is 24.0. The lowest BCUT2D eigenvalue weighted by Crippen LogP contribution is -2.58. The Kier molecular flexibility index (Phi) is 11.0. The molecule has 0 aromatic heterocycles. The predicted octanol–water partition coefficient (Wildman–Crippen LogP) is 3.39. The van der Waals surface area contributed by atoms with Gasteiger partial charge in [-0.3, -0.25) is 24.0 Å². The fraction of sp³-hybridized carbons (Fsp3) is 0.629. The summed E-state index contributed by atoms with van der Waals surface area (Å²) in [6, 6.07) is 2.26. The van der Waals surface area contributed by atoms with Crippen molar-refractivity contribution in [3.05, 3.63) is 47.3 Å². The molecule has 0 unspecified atom stereocenters. The van der Waals surface area contributed by atoms with Crippen LogP contribution in [-0.4, -0.2) is 89.2 Å². The van der Waals surface area contributed by atoms with Crippen LogP contribution in [0.5, 0.6) is 0 Å². The van der Waals surface area contributed by atoms with Gasteiger partial charge in [-0.15, -0.1) is 0 Å². The quantitative estimate of drug-likeness (QED) is 0.272. The Hall–Kier alpha value is -4.21. The number of nitrogens with one attached hydrogen (secondary N) is 3. The molecule has 5 amide bonds. The number of carbonyl (C=O) groups excluding carboxylic acids is 5. The number of hydrogen-bond donors (Lipinski definition) is 3. The number of ether oxygens (including phenoxy) is 2. The molecule has 1 aromatic rings. The lowest BCUT2D eigenvalue weighted by Gasteiger charge is -2.30. The highest BCUT2D eigenvalue weighted by Gasteiger charge is 2.62. The first-order valence-electron chi connectivity index (χ1n) is 17.5. The van der Waals surface area contributed by atoms with E-state index in [-0.39, 0.29) is 38.9 Å². The Morgan fingerprint density at radius 1 is 1.14 bits per heavy atom. The maximum Gasteiger partial charge on any atom is 0.410 e. The minimum absolute atomic E-state index is 0.00719. The fourth-order valence-corrected chi connectivity index (χ4v) is 7.98. The number of hydrogen-bond acceptors (Lipinski definition) is 9. The van der Waals surface area contributed by atoms with Gasteiger partial charge in [0.2, 0.25) is 21.8 Å². The summed E-state index contributed by atoms with van der Waals surface area (Å²) in [5.74, 6) is -3.15. The summed E-state index contributed by atoms with van der Waals surface area (Å²) in [7, 11) is -3.92. The third-order valence-electron chi connectivity index (χ3n) is 9.52. The number of nitrogens with zero attached hydrogens (tertiary/aromatic N) is 2. The van der Waals surface area contributed by atoms with Crippen LogP contribution in [0.3, 0.4) is 0 Å². The summed E-state index contributed by atoms with van der Waals surface area (Å²) < 4.78 is 53.1. The lowest BCUT2D eigenvalue weighted by atomic mass is 10.1. The van der Waals surface area contributed by atoms with Crippen molar-refractivity contribution in [1.82, 2.24) is 25.2 Å². The van der Waals surface area contributed by atoms with Gasteiger partial charge in [-0.05, 0) is 65.0 Å². The molecule has 4 aliphatic rings. The van der Waals surface area contributed by atoms with Crippen LogP contribution in [0.2, 0.25) is 0 Å². The smallest absolute Gasteiger partial charge is 0.410 e. The van der Waals surface area contributed by atoms with Crippen LogP contribution in [0, 0.1) is 11.7 Å². The number of halogens is 1. The van der Waals surface area contributed by atoms with Crippen molar-refractivity contribution in [3.63, 3.8) is 0 Å². The van der Waals surface area contributed by atoms with E-state index in [0.717, 1.165) is 0 Å². The maximum absolute atomic E-state index is 14.4. The van der Waals surface area contributed by atoms with Gasteiger partial charge in [0.1, 0.15) is 35.1 Å². The van der Waals surface area contributed by atoms with Crippen molar-refractivity contribution in [2.75, 3.05) is 6.54 Å². The highest BCUT2D eigenvalue weighted by Crippen LogP contribution is 2.46. The number of sulfonamides is 1. The molecule has 5 rings (SSSR count). The molecule has 2 heterocycles. The van der Waals surface area contributed by atoms with E-state index >= 15 is 0 Å². The van der Waals surface area contributed by atoms with Gasteiger partial charge in [-0.25, -0.2) is 22.4 Å². The van der Waals surface area contributed by atoms with Crippen LogP contribution in [0.4, 0.5) is 14.0 Å². The minimum atomic E-state index is -3.92. The molecule has 2 aliphatic heterocycles. The monoisotopic (exact) mass is 733 g/mol. The largest absolute Gasteiger partial charge is 0.444 e. The molecule has 14 nitrogen and oxygen atoms in total. The normalized spacial score (nSPS) is 24.9. The van der Waals surface area contributed by atoms with Crippen molar-refractivity contribution < 1.29 is 46.3 Å². The third kappa shape index (κ3) is 8.82. The average Bonchev–Trinajstić information content (AvgIpc) is 3.92. The predicted molar refractivity (Wildman–Crippen MR) is 183 cm³/mol. The first-order valence-corrected chi connectivity index (χ1v) is 19.0. The number of rotatable bonds is 12. The van der Waals surface area contributed by atoms with E-state index in [1.165, 1.54) is 15.9 Å². The van der Waals surface area contributed by atoms with E-state index in [0.29, 0.717) is 36.8 Å². The molecule has 0 bridgehead atoms. The molecule has 16 heteroatoms. The number of unbranched alkanes of at least 4 members (excludes halogenated alkanes) is 1. The van der Waals surface area contributed by atoms with Crippen molar-refractivity contribution >= 4 is 39.9 Å². The molecule has 1 aromatic carbocycles. The molecule has 3 fully saturated rings. The Morgan fingerprint density at radius 2 is 1.86 bits per heavy atom. The number of allylic oxidation sites excluding steroid dienone is 1. The van der Waals surface area contributed by atoms with Gasteiger partial charge in [0.25, 0.3) is 5.91 Å². The van der Waals surface area contributed by atoms with Crippen LogP contribution in [0.1, 0.15) is 90.7 Å². The van der Waals surface area contributed by atoms with Crippen molar-refractivity contribution in [2.45, 2.75) is 127 Å². The molecule has 0 radical (unpaired) electrons. The average molecular weight is 734 g/mol. The molecule has 0 spiro atoms. The van der Waals surface area contributed by atoms with Gasteiger partial charge in [0.05, 0.1) is 18.3 Å². The number of carbonyl (C=O) groups is 5. The van der Waals surface area contributed by atoms with Gasteiger partial charge in [-0.1, -0.05) is 44.1 Å². The summed E-state index contributed by atoms with van der Waals surface area (Å²) in [5, 5.41) is 4.71. The van der Waals surface area contributed by atoms with Gasteiger partial charge in [0, 0.05) is 24.4 Å². The zero-order valence-electron chi connectivity index (χ0n) is 29.7. The summed E-state index contributed by atoms with van der Waals surface area (Å²) in [5.41, 5.74) is -1.39. The molecule has 51 heavy (non-hydrogen) atoms. The molecule has 5 atom stereocenters. The number of likely N-dealkylation sites (tertiary alicyclic amines) is 1. The second-order valence-electron chi connectivity index (χ2n) is 14.8. The third-order valence-corrected chi connectivity index (χ3v) is 11.3. The van der Waals surface area contributed by atoms with E-state index in [4.69, 9.17) is 9.47 Å². The summed E-state index contributed by atoms with van der Waals surface area (Å²) >= 11 is 0. The fourth-order valence-electron chi connectivity index (χ4n) is 6.62. The molecule has 280 valence electrons. The molecule has 2 saturated carbocycles. The van der Waals surface area contributed by atoms with Crippen LogP contribution in [0.25, 0.3) is 0 Å². The summed E-state index contributed by atoms with van der Waals surface area (Å²) in [4.78, 5) is 70.5. The van der Waals surface area contributed by atoms with Gasteiger partial charge < -0.3 is 25.0 Å². The highest BCUT2D eigenvalue weighted by molar-refractivity contribution is 7.91. The first kappa shape index (κ1) is 38.0. The zero-order chi connectivity index (χ0) is 37.3. The van der Waals surface area contributed by atoms with Crippen LogP contribution < -0.4 is 15.4 Å². The molecule has 1 saturated heterocycles. The number of amides is 5. The van der Waals surface area contributed by atoms with Crippen LogP contribution in [-0.2, 0) is 47.0 Å². The van der Waals surface area contributed by atoms with E-state index in [9.17, 15) is 36.8 Å². The molecule has 3 N–H and O–H groups in total. The number of benzene rings is 1. The van der Waals surface area contributed by atoms with E-state index in [1.807, 2.05) is 6.92 Å². The summed E-state index contributed by atoms with van der Waals surface area (Å²) in [6.45, 7) is 8.62. The zero-order valence-corrected chi connectivity index (χ0v) is 30.5. The Morgan fingerprint density at radius 3 is 2.49 bits per heavy atom. The lowest BCUT2D eigenvalue weighted by molar-refractivity contribution is -0.141. The molecular formula is C35H48FN5O9S. The van der Waals surface area contributed by atoms with Gasteiger partial charge in [-0.2, -0.15) is 0 Å². The second kappa shape index (κ2) is 14.8. The van der Waals surface area contributed by atoms with Crippen molar-refractivity contribution in [2.24, 2.45) is 5.92 Å².